The molecule has 0 saturated heterocycles. The van der Waals surface area contributed by atoms with Crippen LogP contribution in [0.15, 0.2) is 59.7 Å². The Kier molecular flexibility index (Phi) is 5.94. The Morgan fingerprint density at radius 1 is 1.15 bits per heavy atom. The van der Waals surface area contributed by atoms with Crippen molar-refractivity contribution in [3.63, 3.8) is 0 Å². The summed E-state index contributed by atoms with van der Waals surface area (Å²) in [6.45, 7) is 4.34. The van der Waals surface area contributed by atoms with Crippen LogP contribution < -0.4 is 10.2 Å². The first-order chi connectivity index (χ1) is 13.0. The van der Waals surface area contributed by atoms with Crippen LogP contribution in [-0.2, 0) is 6.61 Å². The van der Waals surface area contributed by atoms with Crippen LogP contribution in [0.25, 0.3) is 0 Å². The number of halogens is 1. The minimum Gasteiger partial charge on any atom is -0.489 e. The van der Waals surface area contributed by atoms with Gasteiger partial charge in [-0.1, -0.05) is 23.7 Å². The average Bonchev–Trinajstić information content (AvgIpc) is 2.99. The molecule has 0 spiro atoms. The molecule has 0 aliphatic carbocycles. The van der Waals surface area contributed by atoms with Gasteiger partial charge in [0.2, 0.25) is 0 Å². The van der Waals surface area contributed by atoms with Gasteiger partial charge in [0.25, 0.3) is 5.91 Å². The number of carbonyl (C=O) groups excluding carboxylic acids is 1. The lowest BCUT2D eigenvalue weighted by atomic mass is 10.1. The van der Waals surface area contributed by atoms with Crippen LogP contribution in [0.4, 0.5) is 0 Å². The Morgan fingerprint density at radius 3 is 2.48 bits per heavy atom. The van der Waals surface area contributed by atoms with Gasteiger partial charge in [-0.05, 0) is 61.9 Å². The molecule has 0 fully saturated rings. The number of rotatable bonds is 6. The molecule has 1 amide bonds. The summed E-state index contributed by atoms with van der Waals surface area (Å²) in [5.41, 5.74) is 7.04. The van der Waals surface area contributed by atoms with E-state index >= 15 is 0 Å². The molecule has 0 aliphatic rings. The summed E-state index contributed by atoms with van der Waals surface area (Å²) < 4.78 is 5.69. The van der Waals surface area contributed by atoms with Crippen LogP contribution in [0, 0.1) is 13.8 Å². The number of amides is 1. The number of hydrazone groups is 1. The molecule has 0 bridgehead atoms. The fourth-order valence-electron chi connectivity index (χ4n) is 2.55. The summed E-state index contributed by atoms with van der Waals surface area (Å²) in [5.74, 6) is 0.479. The highest BCUT2D eigenvalue weighted by atomic mass is 35.5. The second kappa shape index (κ2) is 8.56. The van der Waals surface area contributed by atoms with E-state index in [2.05, 4.69) is 15.5 Å². The first-order valence-corrected chi connectivity index (χ1v) is 8.86. The molecule has 5 nitrogen and oxygen atoms in total. The maximum Gasteiger partial charge on any atom is 0.271 e. The molecule has 3 rings (SSSR count). The van der Waals surface area contributed by atoms with Gasteiger partial charge >= 0.3 is 0 Å². The maximum absolute atomic E-state index is 12.2. The van der Waals surface area contributed by atoms with Crippen molar-refractivity contribution in [2.75, 3.05) is 0 Å². The molecule has 0 aliphatic heterocycles. The van der Waals surface area contributed by atoms with Gasteiger partial charge in [0, 0.05) is 27.5 Å². The van der Waals surface area contributed by atoms with Crippen molar-refractivity contribution < 1.29 is 9.53 Å². The van der Waals surface area contributed by atoms with E-state index in [1.807, 2.05) is 44.2 Å². The zero-order valence-corrected chi connectivity index (χ0v) is 15.9. The molecule has 6 heteroatoms. The van der Waals surface area contributed by atoms with E-state index in [0.717, 1.165) is 28.3 Å². The Balaban J connectivity index is 1.53. The summed E-state index contributed by atoms with van der Waals surface area (Å²) in [7, 11) is 0. The van der Waals surface area contributed by atoms with Gasteiger partial charge in [-0.3, -0.25) is 4.79 Å². The van der Waals surface area contributed by atoms with Gasteiger partial charge in [0.1, 0.15) is 12.4 Å². The molecule has 0 radical (unpaired) electrons. The highest BCUT2D eigenvalue weighted by Crippen LogP contribution is 2.17. The van der Waals surface area contributed by atoms with Gasteiger partial charge in [-0.15, -0.1) is 0 Å². The number of hydrogen-bond donors (Lipinski definition) is 2. The fraction of sp³-hybridized carbons (Fsp3) is 0.143. The molecule has 0 saturated carbocycles. The third-order valence-corrected chi connectivity index (χ3v) is 4.25. The monoisotopic (exact) mass is 381 g/mol. The maximum atomic E-state index is 12.2. The number of nitrogens with one attached hydrogen (secondary N) is 2. The topological polar surface area (TPSA) is 66.5 Å². The van der Waals surface area contributed by atoms with Crippen molar-refractivity contribution in [3.05, 3.63) is 87.7 Å². The quantitative estimate of drug-likeness (QED) is 0.483. The Labute approximate surface area is 163 Å². The minimum absolute atomic E-state index is 0.263. The van der Waals surface area contributed by atoms with E-state index < -0.39 is 0 Å². The molecule has 138 valence electrons. The molecule has 0 atom stereocenters. The number of nitrogens with zero attached hydrogens (tertiary/aromatic N) is 1. The van der Waals surface area contributed by atoms with Crippen LogP contribution in [0.3, 0.4) is 0 Å². The van der Waals surface area contributed by atoms with Crippen molar-refractivity contribution in [1.29, 1.82) is 0 Å². The predicted octanol–water partition coefficient (Wildman–Crippen LogP) is 4.63. The lowest BCUT2D eigenvalue weighted by Gasteiger charge is -2.07. The van der Waals surface area contributed by atoms with Gasteiger partial charge in [-0.25, -0.2) is 5.43 Å². The lowest BCUT2D eigenvalue weighted by molar-refractivity contribution is 0.0955. The lowest BCUT2D eigenvalue weighted by Crippen LogP contribution is -2.17. The minimum atomic E-state index is -0.263. The molecule has 27 heavy (non-hydrogen) atoms. The number of aromatic nitrogens is 1. The first kappa shape index (κ1) is 18.7. The second-order valence-electron chi connectivity index (χ2n) is 6.17. The largest absolute Gasteiger partial charge is 0.489 e. The predicted molar refractivity (Wildman–Crippen MR) is 108 cm³/mol. The number of aromatic amines is 1. The molecular weight excluding hydrogens is 362 g/mol. The van der Waals surface area contributed by atoms with E-state index in [1.165, 1.54) is 0 Å². The summed E-state index contributed by atoms with van der Waals surface area (Å²) in [4.78, 5) is 15.4. The standard InChI is InChI=1S/C21H20ClN3O2/c1-14-11-18(15(2)24-14)12-23-25-21(26)17-5-3-16(4-6-17)13-27-20-9-7-19(22)8-10-20/h3-12,24H,13H2,1-2H3,(H,25,26)/b23-12+. The van der Waals surface area contributed by atoms with E-state index in [1.54, 1.807) is 30.5 Å². The average molecular weight is 382 g/mol. The summed E-state index contributed by atoms with van der Waals surface area (Å²) in [5, 5.41) is 4.69. The number of hydrogen-bond acceptors (Lipinski definition) is 3. The van der Waals surface area contributed by atoms with Gasteiger partial charge in [-0.2, -0.15) is 5.10 Å². The highest BCUT2D eigenvalue weighted by Gasteiger charge is 2.05. The second-order valence-corrected chi connectivity index (χ2v) is 6.61. The number of ether oxygens (including phenoxy) is 1. The first-order valence-electron chi connectivity index (χ1n) is 8.48. The van der Waals surface area contributed by atoms with Crippen LogP contribution in [0.2, 0.25) is 5.02 Å². The summed E-state index contributed by atoms with van der Waals surface area (Å²) in [6, 6.07) is 16.4. The van der Waals surface area contributed by atoms with E-state index in [-0.39, 0.29) is 5.91 Å². The van der Waals surface area contributed by atoms with Crippen LogP contribution in [0.1, 0.15) is 32.9 Å². The zero-order valence-electron chi connectivity index (χ0n) is 15.1. The van der Waals surface area contributed by atoms with Crippen molar-refractivity contribution in [2.24, 2.45) is 5.10 Å². The van der Waals surface area contributed by atoms with Crippen molar-refractivity contribution in [2.45, 2.75) is 20.5 Å². The third-order valence-electron chi connectivity index (χ3n) is 3.99. The number of carbonyl (C=O) groups is 1. The molecule has 1 aromatic heterocycles. The molecule has 0 unspecified atom stereocenters. The Morgan fingerprint density at radius 2 is 1.85 bits per heavy atom. The van der Waals surface area contributed by atoms with Crippen molar-refractivity contribution in [3.8, 4) is 5.75 Å². The van der Waals surface area contributed by atoms with Crippen molar-refractivity contribution >= 4 is 23.7 Å². The van der Waals surface area contributed by atoms with E-state index in [4.69, 9.17) is 16.3 Å². The van der Waals surface area contributed by atoms with Crippen molar-refractivity contribution in [1.82, 2.24) is 10.4 Å². The number of H-pyrrole nitrogens is 1. The Hall–Kier alpha value is -3.05. The van der Waals surface area contributed by atoms with Crippen LogP contribution in [0.5, 0.6) is 5.75 Å². The highest BCUT2D eigenvalue weighted by molar-refractivity contribution is 6.30. The van der Waals surface area contributed by atoms with Gasteiger partial charge < -0.3 is 9.72 Å². The Bertz CT molecular complexity index is 945. The number of benzene rings is 2. The smallest absolute Gasteiger partial charge is 0.271 e. The van der Waals surface area contributed by atoms with E-state index in [9.17, 15) is 4.79 Å². The SMILES string of the molecule is Cc1cc(/C=N/NC(=O)c2ccc(COc3ccc(Cl)cc3)cc2)c(C)[nH]1. The third kappa shape index (κ3) is 5.21. The molecule has 3 aromatic rings. The summed E-state index contributed by atoms with van der Waals surface area (Å²) in [6.07, 6.45) is 1.63. The number of aryl methyl sites for hydroxylation is 2. The zero-order chi connectivity index (χ0) is 19.2. The fourth-order valence-corrected chi connectivity index (χ4v) is 2.68. The summed E-state index contributed by atoms with van der Waals surface area (Å²) >= 11 is 5.85. The normalized spacial score (nSPS) is 10.9. The van der Waals surface area contributed by atoms with Crippen LogP contribution >= 0.6 is 11.6 Å². The molecule has 2 aromatic carbocycles. The molecule has 1 heterocycles. The van der Waals surface area contributed by atoms with E-state index in [0.29, 0.717) is 17.2 Å². The van der Waals surface area contributed by atoms with Crippen LogP contribution in [-0.4, -0.2) is 17.1 Å². The van der Waals surface area contributed by atoms with Gasteiger partial charge in [0.15, 0.2) is 0 Å². The van der Waals surface area contributed by atoms with Gasteiger partial charge in [0.05, 0.1) is 6.21 Å². The molecule has 2 N–H and O–H groups in total. The molecular formula is C21H20ClN3O2.